The number of para-hydroxylation sites is 1. The minimum atomic E-state index is -0.457. The van der Waals surface area contributed by atoms with Crippen molar-refractivity contribution in [1.29, 1.82) is 0 Å². The predicted molar refractivity (Wildman–Crippen MR) is 121 cm³/mol. The summed E-state index contributed by atoms with van der Waals surface area (Å²) >= 11 is 3.33. The van der Waals surface area contributed by atoms with E-state index < -0.39 is 5.97 Å². The molecule has 0 bridgehead atoms. The van der Waals surface area contributed by atoms with E-state index in [1.54, 1.807) is 42.5 Å². The van der Waals surface area contributed by atoms with Crippen LogP contribution in [-0.4, -0.2) is 24.6 Å². The van der Waals surface area contributed by atoms with E-state index >= 15 is 0 Å². The topological polar surface area (TPSA) is 79.8 Å². The molecule has 0 radical (unpaired) electrons. The molecule has 7 heteroatoms. The van der Waals surface area contributed by atoms with Crippen LogP contribution in [0.5, 0.6) is 5.75 Å². The van der Waals surface area contributed by atoms with Gasteiger partial charge in [-0.1, -0.05) is 52.3 Å². The number of nitrogens with one attached hydrogen (secondary N) is 2. The Morgan fingerprint density at radius 2 is 1.83 bits per heavy atom. The van der Waals surface area contributed by atoms with Gasteiger partial charge < -0.3 is 10.1 Å². The second kappa shape index (κ2) is 10.4. The smallest absolute Gasteiger partial charge is 0.343 e. The van der Waals surface area contributed by atoms with Gasteiger partial charge >= 0.3 is 5.97 Å². The summed E-state index contributed by atoms with van der Waals surface area (Å²) in [5.41, 5.74) is 5.55. The average molecular weight is 466 g/mol. The molecule has 0 heterocycles. The highest BCUT2D eigenvalue weighted by Gasteiger charge is 2.09. The molecule has 3 aromatic carbocycles. The number of ether oxygens (including phenoxy) is 1. The van der Waals surface area contributed by atoms with Gasteiger partial charge in [0, 0.05) is 10.2 Å². The number of hydrazone groups is 1. The molecule has 0 saturated heterocycles. The molecular formula is C23H20BrN3O3. The van der Waals surface area contributed by atoms with Crippen LogP contribution in [0, 0.1) is 6.92 Å². The highest BCUT2D eigenvalue weighted by atomic mass is 79.9. The summed E-state index contributed by atoms with van der Waals surface area (Å²) in [6.07, 6.45) is 1.49. The molecule has 0 aliphatic heterocycles. The molecule has 3 rings (SSSR count). The lowest BCUT2D eigenvalue weighted by Crippen LogP contribution is -2.26. The third-order valence-corrected chi connectivity index (χ3v) is 4.61. The number of anilines is 1. The van der Waals surface area contributed by atoms with Gasteiger partial charge in [-0.15, -0.1) is 0 Å². The van der Waals surface area contributed by atoms with E-state index in [1.165, 1.54) is 6.21 Å². The van der Waals surface area contributed by atoms with Crippen molar-refractivity contribution in [3.05, 3.63) is 94.0 Å². The van der Waals surface area contributed by atoms with Gasteiger partial charge in [-0.2, -0.15) is 5.10 Å². The highest BCUT2D eigenvalue weighted by molar-refractivity contribution is 9.10. The number of aryl methyl sites for hydroxylation is 1. The SMILES string of the molecule is Cc1ccccc1NCC(=O)NN=Cc1cccc(OC(=O)c2cccc(Br)c2)c1. The first-order valence-corrected chi connectivity index (χ1v) is 10.00. The Kier molecular flexibility index (Phi) is 7.34. The predicted octanol–water partition coefficient (Wildman–Crippen LogP) is 4.54. The quantitative estimate of drug-likeness (QED) is 0.232. The van der Waals surface area contributed by atoms with Gasteiger partial charge in [0.15, 0.2) is 0 Å². The summed E-state index contributed by atoms with van der Waals surface area (Å²) in [5.74, 6) is -0.343. The van der Waals surface area contributed by atoms with Crippen LogP contribution < -0.4 is 15.5 Å². The third-order valence-electron chi connectivity index (χ3n) is 4.12. The normalized spacial score (nSPS) is 10.6. The Labute approximate surface area is 183 Å². The van der Waals surface area contributed by atoms with Crippen molar-refractivity contribution in [3.8, 4) is 5.75 Å². The Morgan fingerprint density at radius 1 is 1.03 bits per heavy atom. The van der Waals surface area contributed by atoms with E-state index in [9.17, 15) is 9.59 Å². The summed E-state index contributed by atoms with van der Waals surface area (Å²) in [6.45, 7) is 2.07. The van der Waals surface area contributed by atoms with Crippen LogP contribution in [0.2, 0.25) is 0 Å². The number of carbonyl (C=O) groups is 2. The summed E-state index contributed by atoms with van der Waals surface area (Å²) in [5, 5.41) is 7.02. The van der Waals surface area contributed by atoms with Crippen molar-refractivity contribution >= 4 is 39.7 Å². The molecule has 2 N–H and O–H groups in total. The molecule has 152 valence electrons. The maximum Gasteiger partial charge on any atom is 0.343 e. The first kappa shape index (κ1) is 21.3. The van der Waals surface area contributed by atoms with Gasteiger partial charge in [-0.05, 0) is 54.4 Å². The molecule has 0 aromatic heterocycles. The second-order valence-corrected chi connectivity index (χ2v) is 7.35. The van der Waals surface area contributed by atoms with Crippen molar-refractivity contribution in [1.82, 2.24) is 5.43 Å². The van der Waals surface area contributed by atoms with Crippen LogP contribution in [0.25, 0.3) is 0 Å². The van der Waals surface area contributed by atoms with E-state index in [1.807, 2.05) is 37.3 Å². The molecule has 0 aliphatic rings. The lowest BCUT2D eigenvalue weighted by atomic mass is 10.2. The first-order valence-electron chi connectivity index (χ1n) is 9.20. The van der Waals surface area contributed by atoms with E-state index in [0.29, 0.717) is 16.9 Å². The minimum Gasteiger partial charge on any atom is -0.423 e. The number of hydrogen-bond acceptors (Lipinski definition) is 5. The Hall–Kier alpha value is -3.45. The van der Waals surface area contributed by atoms with Crippen LogP contribution >= 0.6 is 15.9 Å². The molecule has 1 amide bonds. The van der Waals surface area contributed by atoms with Gasteiger partial charge in [0.25, 0.3) is 5.91 Å². The van der Waals surface area contributed by atoms with E-state index in [0.717, 1.165) is 15.7 Å². The number of hydrogen-bond donors (Lipinski definition) is 2. The molecule has 6 nitrogen and oxygen atoms in total. The van der Waals surface area contributed by atoms with Crippen LogP contribution in [0.3, 0.4) is 0 Å². The van der Waals surface area contributed by atoms with Crippen molar-refractivity contribution in [2.24, 2.45) is 5.10 Å². The lowest BCUT2D eigenvalue weighted by molar-refractivity contribution is -0.119. The number of rotatable bonds is 7. The van der Waals surface area contributed by atoms with Gasteiger partial charge in [0.2, 0.25) is 0 Å². The van der Waals surface area contributed by atoms with E-state index in [-0.39, 0.29) is 12.5 Å². The molecule has 0 saturated carbocycles. The molecule has 30 heavy (non-hydrogen) atoms. The largest absolute Gasteiger partial charge is 0.423 e. The number of carbonyl (C=O) groups excluding carboxylic acids is 2. The monoisotopic (exact) mass is 465 g/mol. The van der Waals surface area contributed by atoms with Crippen LogP contribution in [0.4, 0.5) is 5.69 Å². The Balaban J connectivity index is 1.53. The Bertz CT molecular complexity index is 1080. The summed E-state index contributed by atoms with van der Waals surface area (Å²) in [6, 6.07) is 21.6. The Morgan fingerprint density at radius 3 is 2.63 bits per heavy atom. The van der Waals surface area contributed by atoms with Crippen molar-refractivity contribution in [2.75, 3.05) is 11.9 Å². The summed E-state index contributed by atoms with van der Waals surface area (Å²) in [7, 11) is 0. The fraction of sp³-hybridized carbons (Fsp3) is 0.0870. The van der Waals surface area contributed by atoms with Crippen molar-refractivity contribution in [2.45, 2.75) is 6.92 Å². The van der Waals surface area contributed by atoms with Crippen molar-refractivity contribution < 1.29 is 14.3 Å². The average Bonchev–Trinajstić information content (AvgIpc) is 2.73. The first-order chi connectivity index (χ1) is 14.5. The second-order valence-electron chi connectivity index (χ2n) is 6.43. The molecule has 0 unspecified atom stereocenters. The van der Waals surface area contributed by atoms with Crippen LogP contribution in [0.15, 0.2) is 82.4 Å². The standard InChI is InChI=1S/C23H20BrN3O3/c1-16-6-2-3-11-21(16)25-15-22(28)27-26-14-17-7-4-10-20(12-17)30-23(29)18-8-5-9-19(24)13-18/h2-14,25H,15H2,1H3,(H,27,28). The van der Waals surface area contributed by atoms with E-state index in [2.05, 4.69) is 31.8 Å². The molecule has 0 spiro atoms. The number of amides is 1. The number of halogens is 1. The molecule has 0 fully saturated rings. The summed E-state index contributed by atoms with van der Waals surface area (Å²) < 4.78 is 6.20. The van der Waals surface area contributed by atoms with E-state index in [4.69, 9.17) is 4.74 Å². The van der Waals surface area contributed by atoms with Crippen molar-refractivity contribution in [3.63, 3.8) is 0 Å². The molecular weight excluding hydrogens is 446 g/mol. The number of esters is 1. The van der Waals surface area contributed by atoms with Crippen LogP contribution in [0.1, 0.15) is 21.5 Å². The highest BCUT2D eigenvalue weighted by Crippen LogP contribution is 2.17. The fourth-order valence-electron chi connectivity index (χ4n) is 2.60. The summed E-state index contributed by atoms with van der Waals surface area (Å²) in [4.78, 5) is 24.2. The fourth-order valence-corrected chi connectivity index (χ4v) is 3.00. The number of nitrogens with zero attached hydrogens (tertiary/aromatic N) is 1. The lowest BCUT2D eigenvalue weighted by Gasteiger charge is -2.08. The van der Waals surface area contributed by atoms with Gasteiger partial charge in [0.05, 0.1) is 18.3 Å². The minimum absolute atomic E-state index is 0.104. The molecule has 3 aromatic rings. The maximum atomic E-state index is 12.3. The number of benzene rings is 3. The molecule has 0 atom stereocenters. The third kappa shape index (κ3) is 6.28. The van der Waals surface area contributed by atoms with Gasteiger partial charge in [-0.3, -0.25) is 4.79 Å². The maximum absolute atomic E-state index is 12.3. The zero-order valence-electron chi connectivity index (χ0n) is 16.3. The molecule has 0 aliphatic carbocycles. The van der Waals surface area contributed by atoms with Gasteiger partial charge in [0.1, 0.15) is 5.75 Å². The van der Waals surface area contributed by atoms with Gasteiger partial charge in [-0.25, -0.2) is 10.2 Å². The van der Waals surface area contributed by atoms with Crippen LogP contribution in [-0.2, 0) is 4.79 Å². The zero-order chi connectivity index (χ0) is 21.3. The zero-order valence-corrected chi connectivity index (χ0v) is 17.8.